The quantitative estimate of drug-likeness (QED) is 0.662. The highest BCUT2D eigenvalue weighted by molar-refractivity contribution is 5.79. The largest absolute Gasteiger partial charge is 0.361 e. The molecule has 0 saturated carbocycles. The maximum atomic E-state index is 13.0. The Labute approximate surface area is 168 Å². The molecule has 0 aliphatic carbocycles. The van der Waals surface area contributed by atoms with E-state index in [2.05, 4.69) is 10.1 Å². The minimum atomic E-state index is -0.289. The second-order valence-electron chi connectivity index (χ2n) is 7.60. The third kappa shape index (κ3) is 4.34. The van der Waals surface area contributed by atoms with E-state index in [4.69, 9.17) is 9.51 Å². The summed E-state index contributed by atoms with van der Waals surface area (Å²) in [4.78, 5) is 23.5. The lowest BCUT2D eigenvalue weighted by Crippen LogP contribution is -2.30. The first kappa shape index (κ1) is 19.2. The number of amides is 1. The number of aromatic nitrogens is 3. The van der Waals surface area contributed by atoms with Gasteiger partial charge in [0.25, 0.3) is 0 Å². The van der Waals surface area contributed by atoms with E-state index in [-0.39, 0.29) is 11.7 Å². The van der Waals surface area contributed by atoms with Gasteiger partial charge in [-0.2, -0.15) is 0 Å². The molecule has 1 saturated heterocycles. The molecule has 1 unspecified atom stereocenters. The number of likely N-dealkylation sites (tertiary alicyclic amines) is 1. The Bertz CT molecular complexity index is 996. The van der Waals surface area contributed by atoms with Gasteiger partial charge in [0.05, 0.1) is 35.3 Å². The molecular weight excluding hydrogens is 371 g/mol. The number of aryl methyl sites for hydroxylation is 2. The first-order valence-corrected chi connectivity index (χ1v) is 9.76. The van der Waals surface area contributed by atoms with Crippen LogP contribution in [0.5, 0.6) is 0 Å². The third-order valence-corrected chi connectivity index (χ3v) is 5.38. The van der Waals surface area contributed by atoms with E-state index in [0.29, 0.717) is 18.9 Å². The molecule has 6 nitrogen and oxygen atoms in total. The summed E-state index contributed by atoms with van der Waals surface area (Å²) in [6, 6.07) is 6.10. The van der Waals surface area contributed by atoms with Crippen LogP contribution in [0.25, 0.3) is 11.3 Å². The van der Waals surface area contributed by atoms with Gasteiger partial charge >= 0.3 is 0 Å². The fourth-order valence-electron chi connectivity index (χ4n) is 3.88. The molecule has 1 aromatic carbocycles. The van der Waals surface area contributed by atoms with E-state index in [1.54, 1.807) is 24.5 Å². The molecule has 150 valence electrons. The molecule has 0 bridgehead atoms. The molecule has 2 aromatic heterocycles. The normalized spacial score (nSPS) is 16.4. The molecule has 7 heteroatoms. The maximum Gasteiger partial charge on any atom is 0.226 e. The van der Waals surface area contributed by atoms with Crippen molar-refractivity contribution in [2.75, 3.05) is 13.1 Å². The van der Waals surface area contributed by atoms with E-state index < -0.39 is 0 Å². The molecule has 3 heterocycles. The van der Waals surface area contributed by atoms with Crippen LogP contribution in [0.2, 0.25) is 0 Å². The summed E-state index contributed by atoms with van der Waals surface area (Å²) in [5, 5.41) is 3.99. The highest BCUT2D eigenvalue weighted by Gasteiger charge is 2.27. The predicted octanol–water partition coefficient (Wildman–Crippen LogP) is 3.52. The Kier molecular flexibility index (Phi) is 5.38. The van der Waals surface area contributed by atoms with Crippen LogP contribution in [0, 0.1) is 25.6 Å². The monoisotopic (exact) mass is 394 g/mol. The molecule has 1 aliphatic rings. The molecule has 0 spiro atoms. The Morgan fingerprint density at radius 2 is 2.03 bits per heavy atom. The van der Waals surface area contributed by atoms with Gasteiger partial charge < -0.3 is 9.42 Å². The number of carbonyl (C=O) groups is 1. The smallest absolute Gasteiger partial charge is 0.226 e. The van der Waals surface area contributed by atoms with Crippen LogP contribution in [-0.2, 0) is 17.6 Å². The topological polar surface area (TPSA) is 72.1 Å². The molecule has 4 rings (SSSR count). The Morgan fingerprint density at radius 3 is 2.76 bits per heavy atom. The number of carbonyl (C=O) groups excluding carboxylic acids is 1. The molecule has 29 heavy (non-hydrogen) atoms. The first-order valence-electron chi connectivity index (χ1n) is 9.76. The lowest BCUT2D eigenvalue weighted by Gasteiger charge is -2.16. The fraction of sp³-hybridized carbons (Fsp3) is 0.364. The molecule has 1 atom stereocenters. The van der Waals surface area contributed by atoms with Crippen LogP contribution < -0.4 is 0 Å². The zero-order valence-corrected chi connectivity index (χ0v) is 16.6. The number of hydrogen-bond donors (Lipinski definition) is 0. The Balaban J connectivity index is 1.38. The first-order chi connectivity index (χ1) is 14.0. The molecular formula is C22H23FN4O2. The number of halogens is 1. The van der Waals surface area contributed by atoms with Crippen molar-refractivity contribution in [3.05, 3.63) is 65.2 Å². The highest BCUT2D eigenvalue weighted by atomic mass is 19.1. The van der Waals surface area contributed by atoms with Gasteiger partial charge in [0.15, 0.2) is 0 Å². The summed E-state index contributed by atoms with van der Waals surface area (Å²) in [5.74, 6) is 0.866. The van der Waals surface area contributed by atoms with Crippen molar-refractivity contribution in [3.8, 4) is 11.3 Å². The van der Waals surface area contributed by atoms with Crippen LogP contribution >= 0.6 is 0 Å². The number of nitrogens with zero attached hydrogens (tertiary/aromatic N) is 4. The minimum absolute atomic E-state index is 0.0784. The van der Waals surface area contributed by atoms with Crippen molar-refractivity contribution in [3.63, 3.8) is 0 Å². The van der Waals surface area contributed by atoms with Crippen LogP contribution in [0.4, 0.5) is 4.39 Å². The molecule has 1 amide bonds. The maximum absolute atomic E-state index is 13.0. The van der Waals surface area contributed by atoms with Crippen molar-refractivity contribution < 1.29 is 13.7 Å². The van der Waals surface area contributed by atoms with E-state index >= 15 is 0 Å². The van der Waals surface area contributed by atoms with E-state index in [9.17, 15) is 9.18 Å². The standard InChI is InChI=1S/C22H23FN4O2/c1-14-22(15(2)29-26-14)20-12-24-11-19(25-20)9-17-7-8-27(13-17)21(28)10-16-3-5-18(23)6-4-16/h3-6,11-12,17H,7-10,13H2,1-2H3. The number of rotatable bonds is 5. The van der Waals surface area contributed by atoms with Crippen molar-refractivity contribution in [1.82, 2.24) is 20.0 Å². The van der Waals surface area contributed by atoms with Crippen molar-refractivity contribution >= 4 is 5.91 Å². The fourth-order valence-corrected chi connectivity index (χ4v) is 3.88. The Hall–Kier alpha value is -3.09. The molecule has 0 radical (unpaired) electrons. The zero-order chi connectivity index (χ0) is 20.4. The number of benzene rings is 1. The summed E-state index contributed by atoms with van der Waals surface area (Å²) in [6.07, 6.45) is 5.51. The van der Waals surface area contributed by atoms with Gasteiger partial charge in [0, 0.05) is 19.3 Å². The molecule has 1 aliphatic heterocycles. The highest BCUT2D eigenvalue weighted by Crippen LogP contribution is 2.26. The third-order valence-electron chi connectivity index (χ3n) is 5.38. The van der Waals surface area contributed by atoms with Gasteiger partial charge in [-0.25, -0.2) is 9.37 Å². The van der Waals surface area contributed by atoms with Crippen LogP contribution in [0.15, 0.2) is 41.2 Å². The lowest BCUT2D eigenvalue weighted by molar-refractivity contribution is -0.129. The molecule has 3 aromatic rings. The van der Waals surface area contributed by atoms with Gasteiger partial charge in [0.2, 0.25) is 5.91 Å². The zero-order valence-electron chi connectivity index (χ0n) is 16.6. The van der Waals surface area contributed by atoms with Gasteiger partial charge in [-0.3, -0.25) is 9.78 Å². The average molecular weight is 394 g/mol. The van der Waals surface area contributed by atoms with E-state index in [1.165, 1.54) is 12.1 Å². The van der Waals surface area contributed by atoms with Gasteiger partial charge in [-0.15, -0.1) is 0 Å². The second-order valence-corrected chi connectivity index (χ2v) is 7.60. The van der Waals surface area contributed by atoms with E-state index in [0.717, 1.165) is 53.4 Å². The summed E-state index contributed by atoms with van der Waals surface area (Å²) in [7, 11) is 0. The Morgan fingerprint density at radius 1 is 1.24 bits per heavy atom. The molecule has 0 N–H and O–H groups in total. The lowest BCUT2D eigenvalue weighted by atomic mass is 10.0. The van der Waals surface area contributed by atoms with Gasteiger partial charge in [0.1, 0.15) is 11.6 Å². The summed E-state index contributed by atoms with van der Waals surface area (Å²) < 4.78 is 18.3. The summed E-state index contributed by atoms with van der Waals surface area (Å²) in [5.41, 5.74) is 4.19. The average Bonchev–Trinajstić information content (AvgIpc) is 3.30. The summed E-state index contributed by atoms with van der Waals surface area (Å²) in [6.45, 7) is 5.20. The second kappa shape index (κ2) is 8.11. The van der Waals surface area contributed by atoms with Gasteiger partial charge in [-0.1, -0.05) is 17.3 Å². The van der Waals surface area contributed by atoms with Gasteiger partial charge in [-0.05, 0) is 50.3 Å². The van der Waals surface area contributed by atoms with Crippen LogP contribution in [0.1, 0.15) is 29.1 Å². The SMILES string of the molecule is Cc1noc(C)c1-c1cncc(CC2CCN(C(=O)Cc3ccc(F)cc3)C2)n1. The van der Waals surface area contributed by atoms with E-state index in [1.807, 2.05) is 18.7 Å². The van der Waals surface area contributed by atoms with Crippen molar-refractivity contribution in [1.29, 1.82) is 0 Å². The summed E-state index contributed by atoms with van der Waals surface area (Å²) >= 11 is 0. The molecule has 1 fully saturated rings. The van der Waals surface area contributed by atoms with Crippen LogP contribution in [0.3, 0.4) is 0 Å². The van der Waals surface area contributed by atoms with Crippen molar-refractivity contribution in [2.24, 2.45) is 5.92 Å². The number of hydrogen-bond acceptors (Lipinski definition) is 5. The van der Waals surface area contributed by atoms with Crippen molar-refractivity contribution in [2.45, 2.75) is 33.1 Å². The predicted molar refractivity (Wildman–Crippen MR) is 105 cm³/mol. The van der Waals surface area contributed by atoms with Crippen LogP contribution in [-0.4, -0.2) is 39.0 Å². The minimum Gasteiger partial charge on any atom is -0.361 e.